The van der Waals surface area contributed by atoms with Gasteiger partial charge in [-0.1, -0.05) is 6.07 Å². The average molecular weight is 370 g/mol. The van der Waals surface area contributed by atoms with Crippen LogP contribution in [0.15, 0.2) is 30.6 Å². The second-order valence-electron chi connectivity index (χ2n) is 8.75. The van der Waals surface area contributed by atoms with E-state index >= 15 is 0 Å². The lowest BCUT2D eigenvalue weighted by Crippen LogP contribution is -2.59. The maximum atomic E-state index is 12.5. The van der Waals surface area contributed by atoms with Crippen LogP contribution in [-0.4, -0.2) is 26.6 Å². The quantitative estimate of drug-likeness (QED) is 0.782. The summed E-state index contributed by atoms with van der Waals surface area (Å²) in [5.41, 5.74) is 2.23. The van der Waals surface area contributed by atoms with Gasteiger partial charge >= 0.3 is 0 Å². The van der Waals surface area contributed by atoms with Gasteiger partial charge in [-0.15, -0.1) is 0 Å². The van der Waals surface area contributed by atoms with Gasteiger partial charge in [0.25, 0.3) is 0 Å². The second-order valence-corrected chi connectivity index (χ2v) is 9.85. The van der Waals surface area contributed by atoms with E-state index in [-0.39, 0.29) is 11.4 Å². The van der Waals surface area contributed by atoms with E-state index in [0.29, 0.717) is 6.42 Å². The number of carbonyl (C=O) groups is 1. The maximum absolute atomic E-state index is 12.5. The SMILES string of the molecule is O=C(CCSCc1cn2ccccc2n1)NC12CC3CC(CC(C3)C1)C2. The second kappa shape index (κ2) is 6.59. The number of hydrogen-bond donors (Lipinski definition) is 1. The van der Waals surface area contributed by atoms with Crippen LogP contribution in [-0.2, 0) is 10.5 Å². The standard InChI is InChI=1S/C21H27N3OS/c25-20(23-21-10-15-7-16(11-21)9-17(8-15)12-21)4-6-26-14-18-13-24-5-2-1-3-19(24)22-18/h1-3,5,13,15-17H,4,6-12,14H2,(H,23,25). The van der Waals surface area contributed by atoms with Crippen LogP contribution in [0.3, 0.4) is 0 Å². The number of thioether (sulfide) groups is 1. The van der Waals surface area contributed by atoms with Gasteiger partial charge in [0.2, 0.25) is 5.91 Å². The van der Waals surface area contributed by atoms with Crippen LogP contribution in [0.4, 0.5) is 0 Å². The molecule has 4 aliphatic carbocycles. The van der Waals surface area contributed by atoms with Crippen molar-refractivity contribution in [1.82, 2.24) is 14.7 Å². The Labute approximate surface area is 159 Å². The number of hydrogen-bond acceptors (Lipinski definition) is 3. The Morgan fingerprint density at radius 3 is 2.62 bits per heavy atom. The lowest BCUT2D eigenvalue weighted by molar-refractivity contribution is -0.126. The molecule has 5 heteroatoms. The van der Waals surface area contributed by atoms with Crippen LogP contribution in [0.5, 0.6) is 0 Å². The molecule has 2 aromatic rings. The van der Waals surface area contributed by atoms with E-state index in [9.17, 15) is 4.79 Å². The highest BCUT2D eigenvalue weighted by molar-refractivity contribution is 7.98. The molecule has 4 bridgehead atoms. The summed E-state index contributed by atoms with van der Waals surface area (Å²) in [5, 5.41) is 3.47. The molecule has 26 heavy (non-hydrogen) atoms. The molecule has 2 heterocycles. The van der Waals surface area contributed by atoms with Gasteiger partial charge in [0.05, 0.1) is 5.69 Å². The Kier molecular flexibility index (Phi) is 4.23. The Bertz CT molecular complexity index is 746. The molecule has 4 fully saturated rings. The zero-order valence-electron chi connectivity index (χ0n) is 15.2. The highest BCUT2D eigenvalue weighted by Crippen LogP contribution is 2.55. The van der Waals surface area contributed by atoms with E-state index in [1.165, 1.54) is 38.5 Å². The summed E-state index contributed by atoms with van der Waals surface area (Å²) in [6.07, 6.45) is 12.7. The van der Waals surface area contributed by atoms with Gasteiger partial charge in [0.1, 0.15) is 5.65 Å². The molecule has 0 radical (unpaired) electrons. The number of imidazole rings is 1. The lowest BCUT2D eigenvalue weighted by Gasteiger charge is -2.56. The van der Waals surface area contributed by atoms with Crippen LogP contribution in [0, 0.1) is 17.8 Å². The molecule has 0 saturated heterocycles. The molecule has 4 nitrogen and oxygen atoms in total. The van der Waals surface area contributed by atoms with Crippen LogP contribution in [0.25, 0.3) is 5.65 Å². The monoisotopic (exact) mass is 369 g/mol. The predicted molar refractivity (Wildman–Crippen MR) is 105 cm³/mol. The Hall–Kier alpha value is -1.49. The summed E-state index contributed by atoms with van der Waals surface area (Å²) in [6.45, 7) is 0. The molecule has 4 aliphatic rings. The fourth-order valence-corrected chi connectivity index (χ4v) is 6.84. The van der Waals surface area contributed by atoms with Crippen LogP contribution in [0.2, 0.25) is 0 Å². The van der Waals surface area contributed by atoms with Crippen LogP contribution in [0.1, 0.15) is 50.6 Å². The first kappa shape index (κ1) is 16.7. The number of rotatable bonds is 6. The zero-order valence-corrected chi connectivity index (χ0v) is 16.0. The van der Waals surface area contributed by atoms with Gasteiger partial charge in [-0.25, -0.2) is 4.98 Å². The third-order valence-electron chi connectivity index (χ3n) is 6.58. The van der Waals surface area contributed by atoms with E-state index in [1.54, 1.807) is 11.8 Å². The molecule has 1 N–H and O–H groups in total. The first-order valence-corrected chi connectivity index (χ1v) is 11.1. The molecular formula is C21H27N3OS. The molecule has 0 aromatic carbocycles. The molecule has 138 valence electrons. The number of nitrogens with zero attached hydrogens (tertiary/aromatic N) is 2. The largest absolute Gasteiger partial charge is 0.351 e. The summed E-state index contributed by atoms with van der Waals surface area (Å²) in [7, 11) is 0. The van der Waals surface area contributed by atoms with Gasteiger partial charge in [-0.3, -0.25) is 4.79 Å². The van der Waals surface area contributed by atoms with Crippen molar-refractivity contribution >= 4 is 23.3 Å². The minimum absolute atomic E-state index is 0.151. The molecule has 0 spiro atoms. The normalized spacial score (nSPS) is 32.2. The average Bonchev–Trinajstić information content (AvgIpc) is 3.00. The van der Waals surface area contributed by atoms with Crippen molar-refractivity contribution in [2.24, 2.45) is 17.8 Å². The van der Waals surface area contributed by atoms with Gasteiger partial charge in [-0.2, -0.15) is 11.8 Å². The summed E-state index contributed by atoms with van der Waals surface area (Å²) < 4.78 is 2.05. The van der Waals surface area contributed by atoms with Crippen molar-refractivity contribution < 1.29 is 4.79 Å². The zero-order chi connectivity index (χ0) is 17.6. The number of aromatic nitrogens is 2. The van der Waals surface area contributed by atoms with Crippen molar-refractivity contribution in [2.75, 3.05) is 5.75 Å². The topological polar surface area (TPSA) is 46.4 Å². The summed E-state index contributed by atoms with van der Waals surface area (Å²) >= 11 is 1.81. The number of nitrogens with one attached hydrogen (secondary N) is 1. The third-order valence-corrected chi connectivity index (χ3v) is 7.57. The summed E-state index contributed by atoms with van der Waals surface area (Å²) in [5.74, 6) is 4.63. The molecule has 0 aliphatic heterocycles. The van der Waals surface area contributed by atoms with Crippen molar-refractivity contribution in [3.8, 4) is 0 Å². The first-order valence-electron chi connectivity index (χ1n) is 9.99. The molecule has 6 rings (SSSR count). The van der Waals surface area contributed by atoms with Gasteiger partial charge in [-0.05, 0) is 68.4 Å². The fourth-order valence-electron chi connectivity index (χ4n) is 6.02. The van der Waals surface area contributed by atoms with Crippen molar-refractivity contribution in [2.45, 2.75) is 56.2 Å². The number of pyridine rings is 1. The highest BCUT2D eigenvalue weighted by Gasteiger charge is 2.51. The van der Waals surface area contributed by atoms with E-state index < -0.39 is 0 Å². The van der Waals surface area contributed by atoms with E-state index in [2.05, 4.69) is 20.9 Å². The third kappa shape index (κ3) is 3.26. The minimum Gasteiger partial charge on any atom is -0.351 e. The maximum Gasteiger partial charge on any atom is 0.221 e. The minimum atomic E-state index is 0.151. The molecule has 0 unspecified atom stereocenters. The van der Waals surface area contributed by atoms with Crippen molar-refractivity contribution in [1.29, 1.82) is 0 Å². The molecular weight excluding hydrogens is 342 g/mol. The van der Waals surface area contributed by atoms with Gasteiger partial charge in [0, 0.05) is 35.9 Å². The van der Waals surface area contributed by atoms with E-state index in [4.69, 9.17) is 0 Å². The predicted octanol–water partition coefficient (Wildman–Crippen LogP) is 4.04. The van der Waals surface area contributed by atoms with Crippen LogP contribution < -0.4 is 5.32 Å². The van der Waals surface area contributed by atoms with Crippen molar-refractivity contribution in [3.63, 3.8) is 0 Å². The highest BCUT2D eigenvalue weighted by atomic mass is 32.2. The van der Waals surface area contributed by atoms with Gasteiger partial charge < -0.3 is 9.72 Å². The van der Waals surface area contributed by atoms with Gasteiger partial charge in [0.15, 0.2) is 0 Å². The Morgan fingerprint density at radius 1 is 1.19 bits per heavy atom. The van der Waals surface area contributed by atoms with Crippen molar-refractivity contribution in [3.05, 3.63) is 36.3 Å². The molecule has 1 amide bonds. The fraction of sp³-hybridized carbons (Fsp3) is 0.619. The summed E-state index contributed by atoms with van der Waals surface area (Å²) in [4.78, 5) is 17.2. The first-order chi connectivity index (χ1) is 12.7. The summed E-state index contributed by atoms with van der Waals surface area (Å²) in [6, 6.07) is 6.04. The van der Waals surface area contributed by atoms with Crippen LogP contribution >= 0.6 is 11.8 Å². The molecule has 4 saturated carbocycles. The Balaban J connectivity index is 1.10. The van der Waals surface area contributed by atoms with E-state index in [0.717, 1.165) is 40.6 Å². The number of fused-ring (bicyclic) bond motifs is 1. The van der Waals surface area contributed by atoms with E-state index in [1.807, 2.05) is 24.4 Å². The smallest absolute Gasteiger partial charge is 0.221 e. The molecule has 0 atom stereocenters. The number of amides is 1. The lowest BCUT2D eigenvalue weighted by atomic mass is 9.53. The number of carbonyl (C=O) groups excluding carboxylic acids is 1. The Morgan fingerprint density at radius 2 is 1.92 bits per heavy atom. The molecule has 2 aromatic heterocycles.